The van der Waals surface area contributed by atoms with Crippen LogP contribution in [0.15, 0.2) is 48.5 Å². The lowest BCUT2D eigenvalue weighted by molar-refractivity contribution is -0.123. The van der Waals surface area contributed by atoms with E-state index in [0.29, 0.717) is 17.9 Å². The summed E-state index contributed by atoms with van der Waals surface area (Å²) >= 11 is 6.15. The molecule has 1 aliphatic carbocycles. The molecule has 0 unspecified atom stereocenters. The lowest BCUT2D eigenvalue weighted by Gasteiger charge is -2.31. The van der Waals surface area contributed by atoms with Crippen molar-refractivity contribution < 1.29 is 4.79 Å². The van der Waals surface area contributed by atoms with E-state index in [-0.39, 0.29) is 11.4 Å². The molecule has 1 saturated carbocycles. The predicted octanol–water partition coefficient (Wildman–Crippen LogP) is 4.44. The smallest absolute Gasteiger partial charge is 0.221 e. The van der Waals surface area contributed by atoms with E-state index in [1.165, 1.54) is 0 Å². The van der Waals surface area contributed by atoms with E-state index >= 15 is 0 Å². The lowest BCUT2D eigenvalue weighted by atomic mass is 9.88. The van der Waals surface area contributed by atoms with E-state index in [1.807, 2.05) is 42.5 Å². The maximum atomic E-state index is 12.6. The fourth-order valence-electron chi connectivity index (χ4n) is 3.59. The molecule has 0 spiro atoms. The predicted molar refractivity (Wildman–Crippen MR) is 98.9 cm³/mol. The first-order valence-corrected chi connectivity index (χ1v) is 8.87. The zero-order valence-electron chi connectivity index (χ0n) is 13.7. The van der Waals surface area contributed by atoms with Gasteiger partial charge in [0.1, 0.15) is 0 Å². The van der Waals surface area contributed by atoms with Gasteiger partial charge in [0, 0.05) is 17.1 Å². The number of halogens is 1. The van der Waals surface area contributed by atoms with Gasteiger partial charge in [0.2, 0.25) is 5.91 Å². The molecule has 0 atom stereocenters. The van der Waals surface area contributed by atoms with Crippen LogP contribution in [-0.4, -0.2) is 5.91 Å². The van der Waals surface area contributed by atoms with Gasteiger partial charge in [-0.15, -0.1) is 0 Å². The molecule has 4 heteroatoms. The van der Waals surface area contributed by atoms with Gasteiger partial charge in [0.05, 0.1) is 5.54 Å². The van der Waals surface area contributed by atoms with Gasteiger partial charge in [-0.1, -0.05) is 54.8 Å². The Hall–Kier alpha value is -2.00. The van der Waals surface area contributed by atoms with Crippen molar-refractivity contribution in [3.8, 4) is 0 Å². The van der Waals surface area contributed by atoms with E-state index in [2.05, 4.69) is 11.4 Å². The molecule has 0 bridgehead atoms. The van der Waals surface area contributed by atoms with Crippen LogP contribution >= 0.6 is 11.6 Å². The lowest BCUT2D eigenvalue weighted by Crippen LogP contribution is -2.43. The van der Waals surface area contributed by atoms with Crippen LogP contribution in [0, 0.1) is 0 Å². The number of nitrogens with two attached hydrogens (primary N) is 1. The van der Waals surface area contributed by atoms with Crippen molar-refractivity contribution in [1.82, 2.24) is 5.32 Å². The molecule has 2 aromatic rings. The van der Waals surface area contributed by atoms with Crippen molar-refractivity contribution in [2.75, 3.05) is 5.73 Å². The molecule has 126 valence electrons. The van der Waals surface area contributed by atoms with E-state index < -0.39 is 0 Å². The van der Waals surface area contributed by atoms with Crippen molar-refractivity contribution in [1.29, 1.82) is 0 Å². The summed E-state index contributed by atoms with van der Waals surface area (Å²) in [4.78, 5) is 12.6. The summed E-state index contributed by atoms with van der Waals surface area (Å²) in [7, 11) is 0. The van der Waals surface area contributed by atoms with Gasteiger partial charge < -0.3 is 11.1 Å². The number of hydrogen-bond acceptors (Lipinski definition) is 2. The Morgan fingerprint density at radius 1 is 1.12 bits per heavy atom. The summed E-state index contributed by atoms with van der Waals surface area (Å²) in [6, 6.07) is 15.6. The number of rotatable bonds is 5. The molecule has 1 fully saturated rings. The summed E-state index contributed by atoms with van der Waals surface area (Å²) in [5.74, 6) is 0.0696. The van der Waals surface area contributed by atoms with Crippen molar-refractivity contribution in [2.24, 2.45) is 0 Å². The van der Waals surface area contributed by atoms with Crippen LogP contribution in [0.2, 0.25) is 5.02 Å². The Balaban J connectivity index is 1.70. The maximum absolute atomic E-state index is 12.6. The highest BCUT2D eigenvalue weighted by Crippen LogP contribution is 2.39. The molecular weight excluding hydrogens is 320 g/mol. The number of nitrogen functional groups attached to an aromatic ring is 1. The molecule has 2 aromatic carbocycles. The van der Waals surface area contributed by atoms with Gasteiger partial charge in [0.25, 0.3) is 0 Å². The van der Waals surface area contributed by atoms with E-state index in [4.69, 9.17) is 17.3 Å². The summed E-state index contributed by atoms with van der Waals surface area (Å²) in [5.41, 5.74) is 8.57. The Morgan fingerprint density at radius 2 is 1.88 bits per heavy atom. The summed E-state index contributed by atoms with van der Waals surface area (Å²) in [5, 5.41) is 4.00. The molecule has 0 saturated heterocycles. The van der Waals surface area contributed by atoms with Crippen LogP contribution in [0.5, 0.6) is 0 Å². The van der Waals surface area contributed by atoms with Gasteiger partial charge in [0.15, 0.2) is 0 Å². The first-order chi connectivity index (χ1) is 11.6. The van der Waals surface area contributed by atoms with Gasteiger partial charge in [-0.3, -0.25) is 4.79 Å². The maximum Gasteiger partial charge on any atom is 0.221 e. The van der Waals surface area contributed by atoms with Gasteiger partial charge in [-0.2, -0.15) is 0 Å². The Bertz CT molecular complexity index is 723. The van der Waals surface area contributed by atoms with Crippen LogP contribution in [0.25, 0.3) is 0 Å². The second-order valence-corrected chi connectivity index (χ2v) is 6.98. The van der Waals surface area contributed by atoms with Crippen LogP contribution in [0.4, 0.5) is 5.69 Å². The highest BCUT2D eigenvalue weighted by Gasteiger charge is 2.36. The Morgan fingerprint density at radius 3 is 2.58 bits per heavy atom. The Kier molecular flexibility index (Phi) is 5.10. The largest absolute Gasteiger partial charge is 0.399 e. The third-order valence-electron chi connectivity index (χ3n) is 4.89. The molecule has 0 heterocycles. The van der Waals surface area contributed by atoms with E-state index in [0.717, 1.165) is 42.5 Å². The average Bonchev–Trinajstić information content (AvgIpc) is 3.04. The minimum Gasteiger partial charge on any atom is -0.399 e. The molecule has 3 N–H and O–H groups in total. The number of anilines is 1. The summed E-state index contributed by atoms with van der Waals surface area (Å²) in [6.45, 7) is 0. The van der Waals surface area contributed by atoms with Crippen LogP contribution in [0.3, 0.4) is 0 Å². The zero-order chi connectivity index (χ0) is 17.0. The van der Waals surface area contributed by atoms with Crippen molar-refractivity contribution in [3.63, 3.8) is 0 Å². The van der Waals surface area contributed by atoms with Crippen molar-refractivity contribution >= 4 is 23.2 Å². The molecule has 0 radical (unpaired) electrons. The SMILES string of the molecule is Nc1ccccc1CCC(=O)NC1(c2cccc(Cl)c2)CCCC1. The quantitative estimate of drug-likeness (QED) is 0.789. The number of benzene rings is 2. The van der Waals surface area contributed by atoms with Crippen LogP contribution in [0.1, 0.15) is 43.2 Å². The number of carbonyl (C=O) groups excluding carboxylic acids is 1. The molecule has 3 nitrogen and oxygen atoms in total. The topological polar surface area (TPSA) is 55.1 Å². The second-order valence-electron chi connectivity index (χ2n) is 6.55. The number of para-hydroxylation sites is 1. The second kappa shape index (κ2) is 7.27. The minimum absolute atomic E-state index is 0.0696. The van der Waals surface area contributed by atoms with Gasteiger partial charge >= 0.3 is 0 Å². The van der Waals surface area contributed by atoms with Crippen LogP contribution < -0.4 is 11.1 Å². The molecule has 3 rings (SSSR count). The fraction of sp³-hybridized carbons (Fsp3) is 0.350. The molecule has 1 aliphatic rings. The first kappa shape index (κ1) is 16.8. The standard InChI is InChI=1S/C20H23ClN2O/c21-17-8-5-7-16(14-17)20(12-3-4-13-20)23-19(24)11-10-15-6-1-2-9-18(15)22/h1-2,5-9,14H,3-4,10-13,22H2,(H,23,24). The number of carbonyl (C=O) groups is 1. The molecule has 1 amide bonds. The summed E-state index contributed by atoms with van der Waals surface area (Å²) < 4.78 is 0. The number of amides is 1. The zero-order valence-corrected chi connectivity index (χ0v) is 14.5. The average molecular weight is 343 g/mol. The van der Waals surface area contributed by atoms with E-state index in [1.54, 1.807) is 0 Å². The Labute approximate surface area is 148 Å². The normalized spacial score (nSPS) is 16.0. The molecule has 0 aromatic heterocycles. The number of nitrogens with one attached hydrogen (secondary N) is 1. The molecule has 0 aliphatic heterocycles. The van der Waals surface area contributed by atoms with Crippen molar-refractivity contribution in [3.05, 3.63) is 64.7 Å². The molecule has 24 heavy (non-hydrogen) atoms. The third kappa shape index (κ3) is 3.73. The van der Waals surface area contributed by atoms with Gasteiger partial charge in [-0.25, -0.2) is 0 Å². The van der Waals surface area contributed by atoms with E-state index in [9.17, 15) is 4.79 Å². The van der Waals surface area contributed by atoms with Crippen molar-refractivity contribution in [2.45, 2.75) is 44.1 Å². The number of hydrogen-bond donors (Lipinski definition) is 2. The highest BCUT2D eigenvalue weighted by molar-refractivity contribution is 6.30. The van der Waals surface area contributed by atoms with Gasteiger partial charge in [-0.05, 0) is 48.6 Å². The minimum atomic E-state index is -0.274. The monoisotopic (exact) mass is 342 g/mol. The fourth-order valence-corrected chi connectivity index (χ4v) is 3.78. The molecular formula is C20H23ClN2O. The third-order valence-corrected chi connectivity index (χ3v) is 5.12. The highest BCUT2D eigenvalue weighted by atomic mass is 35.5. The number of aryl methyl sites for hydroxylation is 1. The first-order valence-electron chi connectivity index (χ1n) is 8.49. The van der Waals surface area contributed by atoms with Crippen LogP contribution in [-0.2, 0) is 16.8 Å². The summed E-state index contributed by atoms with van der Waals surface area (Å²) in [6.07, 6.45) is 5.27.